The molecule has 1 nitrogen and oxygen atoms in total. The van der Waals surface area contributed by atoms with Crippen LogP contribution in [-0.4, -0.2) is 11.2 Å². The molecule has 0 aromatic carbocycles. The predicted octanol–water partition coefficient (Wildman–Crippen LogP) is 4.79. The summed E-state index contributed by atoms with van der Waals surface area (Å²) >= 11 is 5.97. The average molecular weight is 286 g/mol. The smallest absolute Gasteiger partial charge is 0.256 e. The molecule has 1 heterocycles. The van der Waals surface area contributed by atoms with Crippen molar-refractivity contribution in [3.63, 3.8) is 0 Å². The van der Waals surface area contributed by atoms with Crippen molar-refractivity contribution < 1.29 is 13.2 Å². The number of nitrogens with zero attached hydrogens (tertiary/aromatic N) is 1. The first-order valence-corrected chi connectivity index (χ1v) is 6.04. The zero-order valence-electron chi connectivity index (χ0n) is 10.1. The van der Waals surface area contributed by atoms with E-state index in [2.05, 4.69) is 4.98 Å². The fraction of sp³-hybridized carbons (Fsp3) is 0.214. The zero-order valence-corrected chi connectivity index (χ0v) is 10.9. The lowest BCUT2D eigenvalue weighted by atomic mass is 10.1. The molecule has 1 aliphatic carbocycles. The van der Waals surface area contributed by atoms with Crippen LogP contribution in [0.3, 0.4) is 0 Å². The van der Waals surface area contributed by atoms with Crippen molar-refractivity contribution in [3.8, 4) is 0 Å². The summed E-state index contributed by atoms with van der Waals surface area (Å²) in [5.41, 5.74) is 1.35. The SMILES string of the molecule is Cc1ccc(C2=CCC=C(C(F)(F)F)C=C2Cl)nc1. The summed E-state index contributed by atoms with van der Waals surface area (Å²) in [6, 6.07) is 3.59. The molecule has 2 rings (SSSR count). The highest BCUT2D eigenvalue weighted by Gasteiger charge is 2.32. The van der Waals surface area contributed by atoms with Crippen molar-refractivity contribution in [1.82, 2.24) is 4.98 Å². The Morgan fingerprint density at radius 1 is 1.21 bits per heavy atom. The molecule has 1 aromatic heterocycles. The van der Waals surface area contributed by atoms with Crippen LogP contribution >= 0.6 is 11.6 Å². The van der Waals surface area contributed by atoms with Gasteiger partial charge in [-0.3, -0.25) is 4.98 Å². The van der Waals surface area contributed by atoms with Crippen LogP contribution in [0.5, 0.6) is 0 Å². The maximum atomic E-state index is 12.7. The van der Waals surface area contributed by atoms with E-state index in [9.17, 15) is 13.2 Å². The Balaban J connectivity index is 2.36. The minimum absolute atomic E-state index is 0.0532. The minimum Gasteiger partial charge on any atom is -0.256 e. The van der Waals surface area contributed by atoms with Gasteiger partial charge in [-0.25, -0.2) is 0 Å². The molecule has 0 atom stereocenters. The predicted molar refractivity (Wildman–Crippen MR) is 69.6 cm³/mol. The third-order valence-corrected chi connectivity index (χ3v) is 3.03. The maximum Gasteiger partial charge on any atom is 0.416 e. The van der Waals surface area contributed by atoms with E-state index in [1.54, 1.807) is 18.3 Å². The van der Waals surface area contributed by atoms with Crippen LogP contribution in [0.25, 0.3) is 5.57 Å². The van der Waals surface area contributed by atoms with E-state index in [0.29, 0.717) is 11.3 Å². The third kappa shape index (κ3) is 3.26. The summed E-state index contributed by atoms with van der Waals surface area (Å²) in [4.78, 5) is 4.18. The summed E-state index contributed by atoms with van der Waals surface area (Å²) in [5.74, 6) is 0. The van der Waals surface area contributed by atoms with E-state index >= 15 is 0 Å². The molecule has 0 bridgehead atoms. The number of aryl methyl sites for hydroxylation is 1. The van der Waals surface area contributed by atoms with Gasteiger partial charge in [0, 0.05) is 11.8 Å². The normalized spacial score (nSPS) is 16.4. The molecule has 5 heteroatoms. The van der Waals surface area contributed by atoms with Gasteiger partial charge in [-0.15, -0.1) is 0 Å². The Labute approximate surface area is 114 Å². The Morgan fingerprint density at radius 3 is 2.53 bits per heavy atom. The molecule has 0 saturated heterocycles. The second kappa shape index (κ2) is 5.21. The lowest BCUT2D eigenvalue weighted by molar-refractivity contribution is -0.0883. The quantitative estimate of drug-likeness (QED) is 0.723. The Bertz CT molecular complexity index is 565. The molecular formula is C14H11ClF3N. The standard InChI is InChI=1S/C14H11ClF3N/c1-9-5-6-13(19-8-9)11-4-2-3-10(7-12(11)15)14(16,17)18/h3-8H,2H2,1H3. The van der Waals surface area contributed by atoms with Crippen molar-refractivity contribution in [2.75, 3.05) is 0 Å². The van der Waals surface area contributed by atoms with E-state index < -0.39 is 11.7 Å². The molecule has 100 valence electrons. The fourth-order valence-electron chi connectivity index (χ4n) is 1.73. The van der Waals surface area contributed by atoms with Crippen molar-refractivity contribution in [2.45, 2.75) is 19.5 Å². The van der Waals surface area contributed by atoms with Gasteiger partial charge in [0.15, 0.2) is 0 Å². The van der Waals surface area contributed by atoms with Crippen LogP contribution in [0, 0.1) is 6.92 Å². The number of allylic oxidation sites excluding steroid dienone is 6. The molecule has 0 fully saturated rings. The number of pyridine rings is 1. The molecule has 0 aliphatic heterocycles. The number of alkyl halides is 3. The van der Waals surface area contributed by atoms with Gasteiger partial charge in [0.05, 0.1) is 16.3 Å². The van der Waals surface area contributed by atoms with E-state index in [0.717, 1.165) is 17.7 Å². The summed E-state index contributed by atoms with van der Waals surface area (Å²) in [6.45, 7) is 1.89. The fourth-order valence-corrected chi connectivity index (χ4v) is 2.02. The van der Waals surface area contributed by atoms with Gasteiger partial charge in [0.2, 0.25) is 0 Å². The number of aromatic nitrogens is 1. The van der Waals surface area contributed by atoms with E-state index in [1.807, 2.05) is 13.0 Å². The highest BCUT2D eigenvalue weighted by Crippen LogP contribution is 2.35. The molecule has 1 aliphatic rings. The van der Waals surface area contributed by atoms with Crippen molar-refractivity contribution in [1.29, 1.82) is 0 Å². The van der Waals surface area contributed by atoms with E-state index in [-0.39, 0.29) is 11.5 Å². The number of hydrogen-bond donors (Lipinski definition) is 0. The monoisotopic (exact) mass is 285 g/mol. The summed E-state index contributed by atoms with van der Waals surface area (Å²) < 4.78 is 38.0. The molecule has 1 aromatic rings. The van der Waals surface area contributed by atoms with Crippen LogP contribution in [0.15, 0.2) is 47.2 Å². The van der Waals surface area contributed by atoms with Gasteiger partial charge in [-0.05, 0) is 31.1 Å². The van der Waals surface area contributed by atoms with Gasteiger partial charge in [0.25, 0.3) is 0 Å². The minimum atomic E-state index is -4.38. The van der Waals surface area contributed by atoms with Gasteiger partial charge in [-0.2, -0.15) is 13.2 Å². The zero-order chi connectivity index (χ0) is 14.0. The summed E-state index contributed by atoms with van der Waals surface area (Å²) in [5, 5.41) is 0.0532. The summed E-state index contributed by atoms with van der Waals surface area (Å²) in [6.07, 6.45) is 1.15. The number of rotatable bonds is 1. The molecule has 0 amide bonds. The highest BCUT2D eigenvalue weighted by molar-refractivity contribution is 6.37. The highest BCUT2D eigenvalue weighted by atomic mass is 35.5. The average Bonchev–Trinajstić information content (AvgIpc) is 2.52. The van der Waals surface area contributed by atoms with Crippen molar-refractivity contribution in [2.24, 2.45) is 0 Å². The largest absolute Gasteiger partial charge is 0.416 e. The first-order valence-electron chi connectivity index (χ1n) is 5.66. The van der Waals surface area contributed by atoms with Gasteiger partial charge >= 0.3 is 6.18 Å². The molecule has 0 spiro atoms. The Morgan fingerprint density at radius 2 is 1.95 bits per heavy atom. The van der Waals surface area contributed by atoms with Crippen LogP contribution in [-0.2, 0) is 0 Å². The van der Waals surface area contributed by atoms with Crippen molar-refractivity contribution in [3.05, 3.63) is 58.4 Å². The first kappa shape index (κ1) is 13.9. The molecule has 19 heavy (non-hydrogen) atoms. The second-order valence-electron chi connectivity index (χ2n) is 4.22. The van der Waals surface area contributed by atoms with E-state index in [1.165, 1.54) is 0 Å². The van der Waals surface area contributed by atoms with Crippen molar-refractivity contribution >= 4 is 17.2 Å². The van der Waals surface area contributed by atoms with Crippen LogP contribution < -0.4 is 0 Å². The summed E-state index contributed by atoms with van der Waals surface area (Å²) in [7, 11) is 0. The first-order chi connectivity index (χ1) is 8.88. The van der Waals surface area contributed by atoms with Crippen LogP contribution in [0.4, 0.5) is 13.2 Å². The molecule has 0 radical (unpaired) electrons. The lowest BCUT2D eigenvalue weighted by Gasteiger charge is -2.08. The molecule has 0 unspecified atom stereocenters. The second-order valence-corrected chi connectivity index (χ2v) is 4.63. The van der Waals surface area contributed by atoms with E-state index in [4.69, 9.17) is 11.6 Å². The van der Waals surface area contributed by atoms with Crippen LogP contribution in [0.2, 0.25) is 0 Å². The number of hydrogen-bond acceptors (Lipinski definition) is 1. The van der Waals surface area contributed by atoms with Gasteiger partial charge in [0.1, 0.15) is 0 Å². The molecule has 0 N–H and O–H groups in total. The Hall–Kier alpha value is -1.55. The van der Waals surface area contributed by atoms with Gasteiger partial charge in [-0.1, -0.05) is 29.8 Å². The Kier molecular flexibility index (Phi) is 3.80. The molecular weight excluding hydrogens is 275 g/mol. The maximum absolute atomic E-state index is 12.7. The lowest BCUT2D eigenvalue weighted by Crippen LogP contribution is -2.09. The van der Waals surface area contributed by atoms with Crippen LogP contribution in [0.1, 0.15) is 17.7 Å². The number of halogens is 4. The topological polar surface area (TPSA) is 12.9 Å². The molecule has 0 saturated carbocycles. The van der Waals surface area contributed by atoms with Gasteiger partial charge < -0.3 is 0 Å². The third-order valence-electron chi connectivity index (χ3n) is 2.71.